The van der Waals surface area contributed by atoms with E-state index in [-0.39, 0.29) is 77.6 Å². The van der Waals surface area contributed by atoms with E-state index in [2.05, 4.69) is 51.3 Å². The summed E-state index contributed by atoms with van der Waals surface area (Å²) in [5.74, 6) is -0.211. The van der Waals surface area contributed by atoms with E-state index in [1.807, 2.05) is 88.7 Å². The van der Waals surface area contributed by atoms with Crippen molar-refractivity contribution in [3.63, 3.8) is 0 Å². The number of aliphatic hydroxyl groups excluding tert-OH is 1. The number of thiazole rings is 1. The van der Waals surface area contributed by atoms with Crippen LogP contribution >= 0.6 is 34.5 Å². The first-order valence-corrected chi connectivity index (χ1v) is 26.0. The van der Waals surface area contributed by atoms with E-state index in [4.69, 9.17) is 32.7 Å². The molecule has 6 N–H and O–H groups in total. The van der Waals surface area contributed by atoms with Crippen LogP contribution in [-0.2, 0) is 19.2 Å². The Balaban J connectivity index is 0.834. The summed E-state index contributed by atoms with van der Waals surface area (Å²) in [6.07, 6.45) is 0.445. The van der Waals surface area contributed by atoms with Crippen molar-refractivity contribution in [2.45, 2.75) is 71.7 Å². The molecule has 2 aliphatic heterocycles. The van der Waals surface area contributed by atoms with E-state index >= 15 is 0 Å². The second-order valence-electron chi connectivity index (χ2n) is 19.5. The third kappa shape index (κ3) is 13.9. The zero-order chi connectivity index (χ0) is 54.1. The molecule has 2 aromatic heterocycles. The van der Waals surface area contributed by atoms with Crippen LogP contribution < -0.4 is 45.9 Å². The predicted molar refractivity (Wildman–Crippen MR) is 291 cm³/mol. The quantitative estimate of drug-likeness (QED) is 0.0540. The monoisotopic (exact) mass is 1090 g/mol. The number of anilines is 5. The first kappa shape index (κ1) is 56.0. The highest BCUT2D eigenvalue weighted by Crippen LogP contribution is 2.44. The van der Waals surface area contributed by atoms with Gasteiger partial charge in [0.1, 0.15) is 51.6 Å². The summed E-state index contributed by atoms with van der Waals surface area (Å²) in [6, 6.07) is 16.0. The molecule has 6 amide bonds. The Bertz CT molecular complexity index is 2810. The third-order valence-corrected chi connectivity index (χ3v) is 14.8. The molecule has 75 heavy (non-hydrogen) atoms. The molecule has 4 heterocycles. The van der Waals surface area contributed by atoms with E-state index < -0.39 is 41.4 Å². The SMILES string of the molecule is COc1cc(OC)c(Cl)c(NC(=O)N(C)c2cc(Nc3ccc(N4CCN(CC(=O)NCCC(=O)N[C@H](C(=O)N5C[C@H](O)C[C@H]5C(=O)N[C@H](C)c5ccc(-c6scnc6C)cc5)C(C)(C)C)CC4)cc3)ncn2)c1Cl. The lowest BCUT2D eigenvalue weighted by atomic mass is 9.85. The number of amides is 6. The highest BCUT2D eigenvalue weighted by atomic mass is 35.5. The minimum Gasteiger partial charge on any atom is -0.495 e. The number of ether oxygens (including phenoxy) is 2. The fourth-order valence-corrected chi connectivity index (χ4v) is 10.2. The number of carbonyl (C=O) groups excluding carboxylic acids is 5. The number of hydrogen-bond donors (Lipinski definition) is 6. The molecule has 0 spiro atoms. The van der Waals surface area contributed by atoms with Crippen LogP contribution in [0.1, 0.15) is 57.8 Å². The topological polar surface area (TPSA) is 236 Å². The number of rotatable bonds is 18. The van der Waals surface area contributed by atoms with Gasteiger partial charge in [-0.15, -0.1) is 11.3 Å². The molecule has 4 atom stereocenters. The first-order chi connectivity index (χ1) is 35.7. The molecule has 3 aromatic carbocycles. The van der Waals surface area contributed by atoms with E-state index in [0.29, 0.717) is 37.8 Å². The molecular weight excluding hydrogens is 1020 g/mol. The fourth-order valence-electron chi connectivity index (χ4n) is 8.78. The molecule has 0 radical (unpaired) electrons. The zero-order valence-corrected chi connectivity index (χ0v) is 45.5. The van der Waals surface area contributed by atoms with Crippen molar-refractivity contribution in [2.24, 2.45) is 5.41 Å². The van der Waals surface area contributed by atoms with Crippen LogP contribution in [0.15, 0.2) is 72.5 Å². The minimum absolute atomic E-state index is 0.0424. The number of β-amino-alcohol motifs (C(OH)–C–C–N with tert-alkyl or cyclic N) is 1. The number of piperazine rings is 1. The number of likely N-dealkylation sites (tertiary alicyclic amines) is 1. The van der Waals surface area contributed by atoms with Gasteiger partial charge in [-0.3, -0.25) is 29.0 Å². The van der Waals surface area contributed by atoms with Gasteiger partial charge in [-0.05, 0) is 54.7 Å². The highest BCUT2D eigenvalue weighted by Gasteiger charge is 2.45. The van der Waals surface area contributed by atoms with Crippen molar-refractivity contribution >= 4 is 92.9 Å². The Kier molecular flexibility index (Phi) is 18.4. The van der Waals surface area contributed by atoms with Gasteiger partial charge in [0.2, 0.25) is 23.6 Å². The Hall–Kier alpha value is -6.78. The van der Waals surface area contributed by atoms with Crippen molar-refractivity contribution in [1.82, 2.24) is 40.7 Å². The Labute approximate surface area is 450 Å². The van der Waals surface area contributed by atoms with Crippen molar-refractivity contribution in [3.8, 4) is 21.9 Å². The standard InChI is InChI=1S/C52H64Cl2N12O8S/c1-30(32-9-11-33(12-10-32)47-31(2)58-29-75-47)59-49(70)37-23-36(67)26-66(37)50(71)48(52(3,4)5)61-42(68)17-18-55-43(69)27-64-19-21-65(22-20-64)35-15-13-34(14-16-35)60-40-25-41(57-28-56-40)63(6)51(72)62-46-44(53)38(73-7)24-39(74-8)45(46)54/h9-16,24-25,28-30,36-37,48,67H,17-23,26-27H2,1-8H3,(H,55,69)(H,59,70)(H,61,68)(H,62,72)(H,56,57,60)/t30-,36-,37+,48-/m1/s1. The number of urea groups is 1. The van der Waals surface area contributed by atoms with Gasteiger partial charge in [0.25, 0.3) is 0 Å². The molecule has 2 saturated heterocycles. The summed E-state index contributed by atoms with van der Waals surface area (Å²) in [6.45, 7) is 12.1. The summed E-state index contributed by atoms with van der Waals surface area (Å²) in [4.78, 5) is 88.4. The summed E-state index contributed by atoms with van der Waals surface area (Å²) < 4.78 is 10.6. The van der Waals surface area contributed by atoms with Gasteiger partial charge in [-0.25, -0.2) is 19.7 Å². The molecule has 20 nitrogen and oxygen atoms in total. The smallest absolute Gasteiger partial charge is 0.327 e. The van der Waals surface area contributed by atoms with Crippen LogP contribution in [0.3, 0.4) is 0 Å². The lowest BCUT2D eigenvalue weighted by Crippen LogP contribution is -2.58. The molecule has 2 fully saturated rings. The maximum absolute atomic E-state index is 14.2. The average molecular weight is 1090 g/mol. The number of halogens is 2. The molecule has 0 saturated carbocycles. The number of aromatic nitrogens is 3. The molecule has 7 rings (SSSR count). The number of nitrogens with zero attached hydrogens (tertiary/aromatic N) is 7. The number of aliphatic hydroxyl groups is 1. The summed E-state index contributed by atoms with van der Waals surface area (Å²) in [7, 11) is 4.41. The van der Waals surface area contributed by atoms with E-state index in [0.717, 1.165) is 33.1 Å². The van der Waals surface area contributed by atoms with Crippen LogP contribution in [0.2, 0.25) is 10.0 Å². The number of methoxy groups -OCH3 is 2. The van der Waals surface area contributed by atoms with Gasteiger partial charge in [0.05, 0.1) is 54.7 Å². The average Bonchev–Trinajstić information content (AvgIpc) is 4.02. The van der Waals surface area contributed by atoms with Gasteiger partial charge in [0.15, 0.2) is 0 Å². The van der Waals surface area contributed by atoms with Crippen molar-refractivity contribution in [1.29, 1.82) is 0 Å². The maximum atomic E-state index is 14.2. The predicted octanol–water partition coefficient (Wildman–Crippen LogP) is 6.64. The molecule has 2 aliphatic rings. The number of benzene rings is 3. The lowest BCUT2D eigenvalue weighted by Gasteiger charge is -2.36. The van der Waals surface area contributed by atoms with Crippen LogP contribution in [0.5, 0.6) is 11.5 Å². The van der Waals surface area contributed by atoms with Gasteiger partial charge in [0, 0.05) is 82.7 Å². The first-order valence-electron chi connectivity index (χ1n) is 24.4. The molecular formula is C52H64Cl2N12O8S. The normalized spacial score (nSPS) is 16.6. The minimum atomic E-state index is -0.995. The highest BCUT2D eigenvalue weighted by molar-refractivity contribution is 7.13. The Morgan fingerprint density at radius 1 is 0.893 bits per heavy atom. The Morgan fingerprint density at radius 3 is 2.17 bits per heavy atom. The molecule has 0 aliphatic carbocycles. The lowest BCUT2D eigenvalue weighted by molar-refractivity contribution is -0.144. The van der Waals surface area contributed by atoms with Crippen molar-refractivity contribution in [3.05, 3.63) is 93.8 Å². The third-order valence-electron chi connectivity index (χ3n) is 13.1. The van der Waals surface area contributed by atoms with E-state index in [1.54, 1.807) is 17.4 Å². The molecule has 23 heteroatoms. The van der Waals surface area contributed by atoms with Crippen LogP contribution in [0, 0.1) is 12.3 Å². The molecule has 0 bridgehead atoms. The number of nitrogens with one attached hydrogen (secondary N) is 5. The second-order valence-corrected chi connectivity index (χ2v) is 21.1. The molecule has 0 unspecified atom stereocenters. The van der Waals surface area contributed by atoms with Gasteiger partial charge >= 0.3 is 6.03 Å². The van der Waals surface area contributed by atoms with Crippen LogP contribution in [0.25, 0.3) is 10.4 Å². The van der Waals surface area contributed by atoms with Crippen molar-refractivity contribution in [2.75, 3.05) is 87.5 Å². The Morgan fingerprint density at radius 2 is 1.56 bits per heavy atom. The zero-order valence-electron chi connectivity index (χ0n) is 43.2. The van der Waals surface area contributed by atoms with Crippen LogP contribution in [0.4, 0.5) is 33.5 Å². The van der Waals surface area contributed by atoms with Crippen LogP contribution in [-0.4, -0.2) is 145 Å². The number of carbonyl (C=O) groups is 5. The molecule has 400 valence electrons. The number of hydrogen-bond acceptors (Lipinski definition) is 15. The van der Waals surface area contributed by atoms with E-state index in [9.17, 15) is 29.1 Å². The van der Waals surface area contributed by atoms with E-state index in [1.165, 1.54) is 43.5 Å². The fraction of sp³-hybridized carbons (Fsp3) is 0.423. The largest absolute Gasteiger partial charge is 0.495 e. The van der Waals surface area contributed by atoms with Gasteiger partial charge in [-0.2, -0.15) is 0 Å². The summed E-state index contributed by atoms with van der Waals surface area (Å²) >= 11 is 14.5. The van der Waals surface area contributed by atoms with Crippen molar-refractivity contribution < 1.29 is 38.6 Å². The second kappa shape index (κ2) is 24.7. The summed E-state index contributed by atoms with van der Waals surface area (Å²) in [5, 5.41) is 25.6. The van der Waals surface area contributed by atoms with Gasteiger partial charge in [-0.1, -0.05) is 68.2 Å². The summed E-state index contributed by atoms with van der Waals surface area (Å²) in [5.41, 5.74) is 5.83. The number of aryl methyl sites for hydroxylation is 1. The molecule has 5 aromatic rings. The maximum Gasteiger partial charge on any atom is 0.327 e. The van der Waals surface area contributed by atoms with Gasteiger partial charge < -0.3 is 51.0 Å².